The van der Waals surface area contributed by atoms with Crippen molar-refractivity contribution in [2.24, 2.45) is 5.10 Å². The number of nitrogens with zero attached hydrogens (tertiary/aromatic N) is 1. The number of rotatable bonds is 18. The van der Waals surface area contributed by atoms with Crippen LogP contribution in [0.25, 0.3) is 0 Å². The van der Waals surface area contributed by atoms with Crippen molar-refractivity contribution in [3.8, 4) is 5.75 Å². The van der Waals surface area contributed by atoms with Crippen molar-refractivity contribution in [2.75, 3.05) is 6.54 Å². The third kappa shape index (κ3) is 13.1. The average molecular weight is 526 g/mol. The van der Waals surface area contributed by atoms with Crippen LogP contribution in [0.15, 0.2) is 53.6 Å². The molecule has 0 saturated carbocycles. The van der Waals surface area contributed by atoms with Gasteiger partial charge < -0.3 is 10.1 Å². The Labute approximate surface area is 225 Å². The normalized spacial score (nSPS) is 10.9. The van der Waals surface area contributed by atoms with Crippen LogP contribution in [0.4, 0.5) is 4.39 Å². The van der Waals surface area contributed by atoms with Crippen molar-refractivity contribution in [3.05, 3.63) is 65.5 Å². The van der Waals surface area contributed by atoms with Gasteiger partial charge in [-0.3, -0.25) is 9.59 Å². The first-order valence-corrected chi connectivity index (χ1v) is 13.6. The molecule has 0 spiro atoms. The van der Waals surface area contributed by atoms with Gasteiger partial charge in [-0.1, -0.05) is 83.3 Å². The molecule has 0 heterocycles. The number of halogens is 1. The van der Waals surface area contributed by atoms with Gasteiger partial charge >= 0.3 is 5.97 Å². The molecule has 0 atom stereocenters. The molecule has 0 radical (unpaired) electrons. The monoisotopic (exact) mass is 525 g/mol. The lowest BCUT2D eigenvalue weighted by Gasteiger charge is -2.05. The van der Waals surface area contributed by atoms with E-state index in [4.69, 9.17) is 4.74 Å². The molecule has 2 amide bonds. The SMILES string of the molecule is CCCCCCCCCCCCCC(=O)NCC(=O)N/N=C/c1ccc(OC(=O)c2ccccc2F)cc1. The Morgan fingerprint density at radius 3 is 2.05 bits per heavy atom. The molecule has 0 aliphatic rings. The second kappa shape index (κ2) is 18.7. The highest BCUT2D eigenvalue weighted by atomic mass is 19.1. The summed E-state index contributed by atoms with van der Waals surface area (Å²) in [7, 11) is 0. The lowest BCUT2D eigenvalue weighted by Crippen LogP contribution is -2.34. The number of benzene rings is 2. The van der Waals surface area contributed by atoms with Gasteiger partial charge in [0, 0.05) is 6.42 Å². The zero-order chi connectivity index (χ0) is 27.4. The molecule has 38 heavy (non-hydrogen) atoms. The molecule has 2 rings (SSSR count). The highest BCUT2D eigenvalue weighted by Gasteiger charge is 2.13. The summed E-state index contributed by atoms with van der Waals surface area (Å²) in [5.41, 5.74) is 2.86. The second-order valence-electron chi connectivity index (χ2n) is 9.29. The van der Waals surface area contributed by atoms with E-state index in [1.54, 1.807) is 18.2 Å². The van der Waals surface area contributed by atoms with Crippen LogP contribution in [-0.2, 0) is 9.59 Å². The van der Waals surface area contributed by atoms with E-state index in [2.05, 4.69) is 22.8 Å². The van der Waals surface area contributed by atoms with E-state index in [1.807, 2.05) is 0 Å². The van der Waals surface area contributed by atoms with Gasteiger partial charge in [-0.25, -0.2) is 14.6 Å². The summed E-state index contributed by atoms with van der Waals surface area (Å²) in [6.07, 6.45) is 15.3. The lowest BCUT2D eigenvalue weighted by atomic mass is 10.1. The van der Waals surface area contributed by atoms with Gasteiger partial charge in [0.05, 0.1) is 18.3 Å². The first kappa shape index (κ1) is 30.7. The maximum atomic E-state index is 13.7. The van der Waals surface area contributed by atoms with Crippen molar-refractivity contribution in [1.29, 1.82) is 0 Å². The average Bonchev–Trinajstić information content (AvgIpc) is 2.91. The first-order valence-electron chi connectivity index (χ1n) is 13.6. The summed E-state index contributed by atoms with van der Waals surface area (Å²) < 4.78 is 18.9. The zero-order valence-electron chi connectivity index (χ0n) is 22.3. The second-order valence-corrected chi connectivity index (χ2v) is 9.29. The number of carbonyl (C=O) groups is 3. The first-order chi connectivity index (χ1) is 18.5. The van der Waals surface area contributed by atoms with E-state index in [9.17, 15) is 18.8 Å². The zero-order valence-corrected chi connectivity index (χ0v) is 22.3. The topological polar surface area (TPSA) is 96.9 Å². The molecule has 0 aliphatic heterocycles. The molecule has 0 aromatic heterocycles. The molecular formula is C30H40FN3O4. The molecule has 0 bridgehead atoms. The van der Waals surface area contributed by atoms with E-state index < -0.39 is 17.7 Å². The molecule has 2 aromatic carbocycles. The van der Waals surface area contributed by atoms with Crippen LogP contribution in [0.2, 0.25) is 0 Å². The Hall–Kier alpha value is -3.55. The number of carbonyl (C=O) groups excluding carboxylic acids is 3. The van der Waals surface area contributed by atoms with Crippen LogP contribution in [-0.4, -0.2) is 30.5 Å². The molecule has 7 nitrogen and oxygen atoms in total. The van der Waals surface area contributed by atoms with Crippen LogP contribution in [0.3, 0.4) is 0 Å². The standard InChI is InChI=1S/C30H40FN3O4/c1-2-3-4-5-6-7-8-9-10-11-12-17-28(35)32-23-29(36)34-33-22-24-18-20-25(21-19-24)38-30(37)26-15-13-14-16-27(26)31/h13-16,18-22H,2-12,17,23H2,1H3,(H,32,35)(H,34,36)/b33-22+. The van der Waals surface area contributed by atoms with E-state index in [0.717, 1.165) is 19.3 Å². The maximum absolute atomic E-state index is 13.7. The Balaban J connectivity index is 1.54. The van der Waals surface area contributed by atoms with Crippen molar-refractivity contribution in [3.63, 3.8) is 0 Å². The van der Waals surface area contributed by atoms with Crippen LogP contribution in [0.1, 0.15) is 99.9 Å². The summed E-state index contributed by atoms with van der Waals surface area (Å²) in [5.74, 6) is -1.76. The number of hydrogen-bond donors (Lipinski definition) is 2. The largest absolute Gasteiger partial charge is 0.423 e. The number of unbranched alkanes of at least 4 members (excludes halogenated alkanes) is 10. The number of ether oxygens (including phenoxy) is 1. The van der Waals surface area contributed by atoms with Gasteiger partial charge in [-0.2, -0.15) is 5.10 Å². The summed E-state index contributed by atoms with van der Waals surface area (Å²) in [4.78, 5) is 35.9. The van der Waals surface area contributed by atoms with Crippen LogP contribution < -0.4 is 15.5 Å². The molecule has 206 valence electrons. The van der Waals surface area contributed by atoms with Gasteiger partial charge in [0.1, 0.15) is 11.6 Å². The summed E-state index contributed by atoms with van der Waals surface area (Å²) >= 11 is 0. The van der Waals surface area contributed by atoms with Crippen LogP contribution >= 0.6 is 0 Å². The van der Waals surface area contributed by atoms with Gasteiger partial charge in [0.25, 0.3) is 5.91 Å². The summed E-state index contributed by atoms with van der Waals surface area (Å²) in [5, 5.41) is 6.48. The third-order valence-electron chi connectivity index (χ3n) is 6.04. The van der Waals surface area contributed by atoms with E-state index >= 15 is 0 Å². The molecule has 0 saturated heterocycles. The Morgan fingerprint density at radius 1 is 0.816 bits per heavy atom. The highest BCUT2D eigenvalue weighted by Crippen LogP contribution is 2.15. The van der Waals surface area contributed by atoms with Crippen molar-refractivity contribution < 1.29 is 23.5 Å². The molecule has 2 N–H and O–H groups in total. The number of hydrogen-bond acceptors (Lipinski definition) is 5. The predicted octanol–water partition coefficient (Wildman–Crippen LogP) is 6.31. The number of hydrazone groups is 1. The van der Waals surface area contributed by atoms with Gasteiger partial charge in [-0.15, -0.1) is 0 Å². The smallest absolute Gasteiger partial charge is 0.346 e. The summed E-state index contributed by atoms with van der Waals surface area (Å²) in [6.45, 7) is 2.09. The Kier molecular flexibility index (Phi) is 15.1. The Bertz CT molecular complexity index is 1020. The quantitative estimate of drug-likeness (QED) is 0.0783. The number of amides is 2. The minimum Gasteiger partial charge on any atom is -0.423 e. The molecule has 0 unspecified atom stereocenters. The third-order valence-corrected chi connectivity index (χ3v) is 6.04. The van der Waals surface area contributed by atoms with Crippen molar-refractivity contribution >= 4 is 24.0 Å². The lowest BCUT2D eigenvalue weighted by molar-refractivity contribution is -0.126. The summed E-state index contributed by atoms with van der Waals surface area (Å²) in [6, 6.07) is 11.9. The van der Waals surface area contributed by atoms with Crippen molar-refractivity contribution in [1.82, 2.24) is 10.7 Å². The minimum absolute atomic E-state index is 0.138. The molecule has 0 aliphatic carbocycles. The van der Waals surface area contributed by atoms with Gasteiger partial charge in [0.2, 0.25) is 5.91 Å². The van der Waals surface area contributed by atoms with Crippen molar-refractivity contribution in [2.45, 2.75) is 84.0 Å². The number of esters is 1. The minimum atomic E-state index is -0.790. The van der Waals surface area contributed by atoms with Gasteiger partial charge in [0.15, 0.2) is 0 Å². The molecule has 2 aromatic rings. The van der Waals surface area contributed by atoms with Gasteiger partial charge in [-0.05, 0) is 48.4 Å². The van der Waals surface area contributed by atoms with Crippen LogP contribution in [0, 0.1) is 5.82 Å². The molecule has 8 heteroatoms. The molecular weight excluding hydrogens is 485 g/mol. The fraction of sp³-hybridized carbons (Fsp3) is 0.467. The fourth-order valence-electron chi connectivity index (χ4n) is 3.85. The Morgan fingerprint density at radius 2 is 1.42 bits per heavy atom. The highest BCUT2D eigenvalue weighted by molar-refractivity contribution is 5.91. The maximum Gasteiger partial charge on any atom is 0.346 e. The van der Waals surface area contributed by atoms with Crippen LogP contribution in [0.5, 0.6) is 5.75 Å². The fourth-order valence-corrected chi connectivity index (χ4v) is 3.85. The van der Waals surface area contributed by atoms with E-state index in [0.29, 0.717) is 12.0 Å². The number of nitrogens with one attached hydrogen (secondary N) is 2. The predicted molar refractivity (Wildman–Crippen MR) is 148 cm³/mol. The van der Waals surface area contributed by atoms with E-state index in [1.165, 1.54) is 87.9 Å². The van der Waals surface area contributed by atoms with E-state index in [-0.39, 0.29) is 23.8 Å². The molecule has 0 fully saturated rings.